The second-order valence-corrected chi connectivity index (χ2v) is 5.69. The number of anilines is 1. The Balaban J connectivity index is 1.56. The summed E-state index contributed by atoms with van der Waals surface area (Å²) >= 11 is 6.08. The third kappa shape index (κ3) is 3.84. The maximum absolute atomic E-state index is 6.08. The van der Waals surface area contributed by atoms with E-state index in [0.717, 1.165) is 67.4 Å². The van der Waals surface area contributed by atoms with Crippen molar-refractivity contribution in [3.63, 3.8) is 0 Å². The minimum atomic E-state index is 0.742. The number of fused-ring (bicyclic) bond motifs is 1. The van der Waals surface area contributed by atoms with Crippen molar-refractivity contribution < 1.29 is 4.74 Å². The lowest BCUT2D eigenvalue weighted by Gasteiger charge is -2.26. The molecule has 0 amide bonds. The summed E-state index contributed by atoms with van der Waals surface area (Å²) in [5.41, 5.74) is 2.07. The molecular weight excluding hydrogens is 286 g/mol. The second-order valence-electron chi connectivity index (χ2n) is 5.25. The number of nitrogens with zero attached hydrogens (tertiary/aromatic N) is 2. The zero-order chi connectivity index (χ0) is 14.5. The third-order valence-corrected chi connectivity index (χ3v) is 4.01. The largest absolute Gasteiger partial charge is 0.384 e. The summed E-state index contributed by atoms with van der Waals surface area (Å²) in [6.45, 7) is 5.88. The summed E-state index contributed by atoms with van der Waals surface area (Å²) in [5.74, 6) is 0. The van der Waals surface area contributed by atoms with Gasteiger partial charge in [-0.25, -0.2) is 0 Å². The molecule has 0 radical (unpaired) electrons. The van der Waals surface area contributed by atoms with Crippen molar-refractivity contribution in [3.8, 4) is 0 Å². The standard InChI is InChI=1S/C16H20ClN3O/c17-13-2-3-15-14(12-13)16(4-6-19-15)18-5-1-7-20-8-10-21-11-9-20/h2-4,6,12H,1,5,7-11H2,(H,18,19). The number of benzene rings is 1. The van der Waals surface area contributed by atoms with E-state index in [1.54, 1.807) is 0 Å². The minimum Gasteiger partial charge on any atom is -0.384 e. The van der Waals surface area contributed by atoms with Gasteiger partial charge >= 0.3 is 0 Å². The maximum Gasteiger partial charge on any atom is 0.0723 e. The molecule has 1 saturated heterocycles. The van der Waals surface area contributed by atoms with Crippen LogP contribution >= 0.6 is 11.6 Å². The van der Waals surface area contributed by atoms with E-state index in [-0.39, 0.29) is 0 Å². The van der Waals surface area contributed by atoms with Crippen LogP contribution in [-0.2, 0) is 4.74 Å². The van der Waals surface area contributed by atoms with Crippen molar-refractivity contribution >= 4 is 28.2 Å². The van der Waals surface area contributed by atoms with Crippen LogP contribution in [0.5, 0.6) is 0 Å². The summed E-state index contributed by atoms with van der Waals surface area (Å²) in [6, 6.07) is 7.80. The molecule has 1 aromatic carbocycles. The van der Waals surface area contributed by atoms with Gasteiger partial charge in [-0.15, -0.1) is 0 Å². The van der Waals surface area contributed by atoms with Gasteiger partial charge in [-0.2, -0.15) is 0 Å². The van der Waals surface area contributed by atoms with Crippen molar-refractivity contribution in [1.82, 2.24) is 9.88 Å². The van der Waals surface area contributed by atoms with Gasteiger partial charge in [-0.3, -0.25) is 9.88 Å². The van der Waals surface area contributed by atoms with E-state index in [9.17, 15) is 0 Å². The first kappa shape index (κ1) is 14.6. The summed E-state index contributed by atoms with van der Waals surface area (Å²) in [6.07, 6.45) is 2.95. The normalized spacial score (nSPS) is 16.2. The van der Waals surface area contributed by atoms with Crippen molar-refractivity contribution in [2.45, 2.75) is 6.42 Å². The van der Waals surface area contributed by atoms with Crippen molar-refractivity contribution in [2.75, 3.05) is 44.7 Å². The second kappa shape index (κ2) is 7.07. The minimum absolute atomic E-state index is 0.742. The first-order valence-corrected chi connectivity index (χ1v) is 7.79. The van der Waals surface area contributed by atoms with Crippen LogP contribution in [0.2, 0.25) is 5.02 Å². The Bertz CT molecular complexity index is 599. The predicted molar refractivity (Wildman–Crippen MR) is 87.1 cm³/mol. The van der Waals surface area contributed by atoms with Crippen LogP contribution in [-0.4, -0.2) is 49.3 Å². The SMILES string of the molecule is Clc1ccc2nccc(NCCCN3CCOCC3)c2c1. The Hall–Kier alpha value is -1.36. The molecule has 0 unspecified atom stereocenters. The number of ether oxygens (including phenoxy) is 1. The Kier molecular flexibility index (Phi) is 4.91. The summed E-state index contributed by atoms with van der Waals surface area (Å²) in [4.78, 5) is 6.81. The number of morpholine rings is 1. The topological polar surface area (TPSA) is 37.4 Å². The molecule has 0 bridgehead atoms. The highest BCUT2D eigenvalue weighted by Crippen LogP contribution is 2.24. The van der Waals surface area contributed by atoms with Gasteiger partial charge in [0.1, 0.15) is 0 Å². The molecule has 0 atom stereocenters. The molecule has 4 nitrogen and oxygen atoms in total. The fourth-order valence-electron chi connectivity index (χ4n) is 2.62. The number of hydrogen-bond acceptors (Lipinski definition) is 4. The van der Waals surface area contributed by atoms with Gasteiger partial charge in [0.05, 0.1) is 18.7 Å². The highest BCUT2D eigenvalue weighted by atomic mass is 35.5. The lowest BCUT2D eigenvalue weighted by atomic mass is 10.2. The molecule has 1 aromatic heterocycles. The molecule has 112 valence electrons. The summed E-state index contributed by atoms with van der Waals surface area (Å²) < 4.78 is 5.36. The zero-order valence-corrected chi connectivity index (χ0v) is 12.8. The van der Waals surface area contributed by atoms with Crippen molar-refractivity contribution in [1.29, 1.82) is 0 Å². The third-order valence-electron chi connectivity index (χ3n) is 3.77. The molecule has 2 heterocycles. The number of aromatic nitrogens is 1. The van der Waals surface area contributed by atoms with E-state index >= 15 is 0 Å². The number of pyridine rings is 1. The van der Waals surface area contributed by atoms with E-state index in [1.807, 2.05) is 30.5 Å². The van der Waals surface area contributed by atoms with Gasteiger partial charge < -0.3 is 10.1 Å². The van der Waals surface area contributed by atoms with Gasteiger partial charge in [0, 0.05) is 41.9 Å². The predicted octanol–water partition coefficient (Wildman–Crippen LogP) is 3.02. The zero-order valence-electron chi connectivity index (χ0n) is 12.0. The van der Waals surface area contributed by atoms with Gasteiger partial charge in [-0.1, -0.05) is 11.6 Å². The fourth-order valence-corrected chi connectivity index (χ4v) is 2.80. The van der Waals surface area contributed by atoms with Crippen LogP contribution in [0.15, 0.2) is 30.5 Å². The molecule has 2 aromatic rings. The molecule has 21 heavy (non-hydrogen) atoms. The quantitative estimate of drug-likeness (QED) is 0.862. The molecule has 0 saturated carbocycles. The van der Waals surface area contributed by atoms with Crippen LogP contribution in [0.1, 0.15) is 6.42 Å². The Morgan fingerprint density at radius 2 is 2.10 bits per heavy atom. The van der Waals surface area contributed by atoms with Crippen LogP contribution in [0.25, 0.3) is 10.9 Å². The average Bonchev–Trinajstić information content (AvgIpc) is 2.53. The Morgan fingerprint density at radius 1 is 1.24 bits per heavy atom. The number of hydrogen-bond donors (Lipinski definition) is 1. The molecule has 3 rings (SSSR count). The van der Waals surface area contributed by atoms with E-state index in [4.69, 9.17) is 16.3 Å². The Labute approximate surface area is 130 Å². The summed E-state index contributed by atoms with van der Waals surface area (Å²) in [5, 5.41) is 5.32. The maximum atomic E-state index is 6.08. The van der Waals surface area contributed by atoms with Crippen LogP contribution < -0.4 is 5.32 Å². The number of halogens is 1. The molecule has 0 spiro atoms. The Morgan fingerprint density at radius 3 is 2.95 bits per heavy atom. The lowest BCUT2D eigenvalue weighted by Crippen LogP contribution is -2.37. The number of nitrogens with one attached hydrogen (secondary N) is 1. The molecule has 0 aliphatic carbocycles. The lowest BCUT2D eigenvalue weighted by molar-refractivity contribution is 0.0378. The van der Waals surface area contributed by atoms with Crippen molar-refractivity contribution in [3.05, 3.63) is 35.5 Å². The van der Waals surface area contributed by atoms with E-state index in [2.05, 4.69) is 15.2 Å². The van der Waals surface area contributed by atoms with Gasteiger partial charge in [-0.05, 0) is 37.2 Å². The van der Waals surface area contributed by atoms with E-state index in [0.29, 0.717) is 0 Å². The van der Waals surface area contributed by atoms with E-state index < -0.39 is 0 Å². The van der Waals surface area contributed by atoms with Gasteiger partial charge in [0.2, 0.25) is 0 Å². The first-order chi connectivity index (χ1) is 10.3. The highest BCUT2D eigenvalue weighted by molar-refractivity contribution is 6.31. The van der Waals surface area contributed by atoms with Crippen molar-refractivity contribution in [2.24, 2.45) is 0 Å². The van der Waals surface area contributed by atoms with Crippen LogP contribution in [0.4, 0.5) is 5.69 Å². The first-order valence-electron chi connectivity index (χ1n) is 7.41. The smallest absolute Gasteiger partial charge is 0.0723 e. The number of rotatable bonds is 5. The average molecular weight is 306 g/mol. The molecular formula is C16H20ClN3O. The molecule has 1 aliphatic rings. The van der Waals surface area contributed by atoms with E-state index in [1.165, 1.54) is 0 Å². The fraction of sp³-hybridized carbons (Fsp3) is 0.438. The molecule has 1 N–H and O–H groups in total. The molecule has 1 fully saturated rings. The van der Waals surface area contributed by atoms with Gasteiger partial charge in [0.15, 0.2) is 0 Å². The van der Waals surface area contributed by atoms with Crippen LogP contribution in [0, 0.1) is 0 Å². The molecule has 5 heteroatoms. The summed E-state index contributed by atoms with van der Waals surface area (Å²) in [7, 11) is 0. The molecule has 1 aliphatic heterocycles. The highest BCUT2D eigenvalue weighted by Gasteiger charge is 2.09. The van der Waals surface area contributed by atoms with Crippen LogP contribution in [0.3, 0.4) is 0 Å². The van der Waals surface area contributed by atoms with Gasteiger partial charge in [0.25, 0.3) is 0 Å². The monoisotopic (exact) mass is 305 g/mol.